The van der Waals surface area contributed by atoms with Crippen molar-refractivity contribution in [1.82, 2.24) is 4.90 Å². The lowest BCUT2D eigenvalue weighted by molar-refractivity contribution is -0.142. The van der Waals surface area contributed by atoms with Crippen LogP contribution < -0.4 is 0 Å². The monoisotopic (exact) mass is 439 g/mol. The molecule has 0 bridgehead atoms. The lowest BCUT2D eigenvalue weighted by Crippen LogP contribution is -2.37. The normalized spacial score (nSPS) is 13.3. The van der Waals surface area contributed by atoms with Gasteiger partial charge in [-0.2, -0.15) is 0 Å². The fourth-order valence-electron chi connectivity index (χ4n) is 4.03. The number of carbonyl (C=O) groups excluding carboxylic acids is 1. The number of hydrogen-bond donors (Lipinski definition) is 1. The van der Waals surface area contributed by atoms with Gasteiger partial charge in [0, 0.05) is 23.6 Å². The molecular formula is C24H19ClFNO4. The standard InChI is InChI=1S/C24H19ClFNO4/c1-27(22(23(28)29)19-11-10-14(26)12-21(19)25)24(30)31-13-20-17-8-4-2-6-15(17)16-7-3-5-9-18(16)20/h2-12,20,22H,13H2,1H3,(H,28,29). The minimum absolute atomic E-state index is 0.0562. The molecule has 7 heteroatoms. The molecule has 1 amide bonds. The van der Waals surface area contributed by atoms with E-state index < -0.39 is 23.9 Å². The molecule has 0 aromatic heterocycles. The Morgan fingerprint density at radius 3 is 2.19 bits per heavy atom. The smallest absolute Gasteiger partial charge is 0.410 e. The Kier molecular flexibility index (Phi) is 5.65. The first-order chi connectivity index (χ1) is 14.9. The van der Waals surface area contributed by atoms with Crippen molar-refractivity contribution in [3.8, 4) is 11.1 Å². The maximum atomic E-state index is 13.4. The fraction of sp³-hybridized carbons (Fsp3) is 0.167. The van der Waals surface area contributed by atoms with Crippen molar-refractivity contribution in [2.75, 3.05) is 13.7 Å². The van der Waals surface area contributed by atoms with Gasteiger partial charge >= 0.3 is 12.1 Å². The third-order valence-corrected chi connectivity index (χ3v) is 5.83. The van der Waals surface area contributed by atoms with Gasteiger partial charge in [0.25, 0.3) is 0 Å². The van der Waals surface area contributed by atoms with E-state index >= 15 is 0 Å². The third-order valence-electron chi connectivity index (χ3n) is 5.50. The largest absolute Gasteiger partial charge is 0.479 e. The first kappa shape index (κ1) is 20.9. The number of ether oxygens (including phenoxy) is 1. The highest BCUT2D eigenvalue weighted by molar-refractivity contribution is 6.31. The van der Waals surface area contributed by atoms with Crippen molar-refractivity contribution in [2.24, 2.45) is 0 Å². The van der Waals surface area contributed by atoms with E-state index in [1.54, 1.807) is 0 Å². The average Bonchev–Trinajstić information content (AvgIpc) is 3.07. The highest BCUT2D eigenvalue weighted by Gasteiger charge is 2.33. The van der Waals surface area contributed by atoms with Gasteiger partial charge in [-0.3, -0.25) is 4.90 Å². The van der Waals surface area contributed by atoms with E-state index in [4.69, 9.17) is 16.3 Å². The van der Waals surface area contributed by atoms with Crippen LogP contribution in [0.2, 0.25) is 5.02 Å². The van der Waals surface area contributed by atoms with E-state index in [1.165, 1.54) is 13.1 Å². The molecule has 3 aromatic carbocycles. The Balaban J connectivity index is 1.55. The molecule has 31 heavy (non-hydrogen) atoms. The molecule has 0 heterocycles. The zero-order valence-corrected chi connectivity index (χ0v) is 17.3. The second kappa shape index (κ2) is 8.40. The molecule has 0 radical (unpaired) electrons. The molecule has 1 aliphatic carbocycles. The van der Waals surface area contributed by atoms with E-state index in [2.05, 4.69) is 0 Å². The number of hydrogen-bond acceptors (Lipinski definition) is 3. The van der Waals surface area contributed by atoms with Gasteiger partial charge in [-0.1, -0.05) is 66.2 Å². The molecule has 1 N–H and O–H groups in total. The number of likely N-dealkylation sites (N-methyl/N-ethyl adjacent to an activating group) is 1. The average molecular weight is 440 g/mol. The molecule has 1 unspecified atom stereocenters. The molecule has 5 nitrogen and oxygen atoms in total. The van der Waals surface area contributed by atoms with Crippen LogP contribution in [0.5, 0.6) is 0 Å². The van der Waals surface area contributed by atoms with Gasteiger partial charge in [-0.05, 0) is 34.4 Å². The van der Waals surface area contributed by atoms with Crippen molar-refractivity contribution in [2.45, 2.75) is 12.0 Å². The van der Waals surface area contributed by atoms with Crippen LogP contribution in [0.1, 0.15) is 28.7 Å². The molecule has 0 saturated carbocycles. The predicted molar refractivity (Wildman–Crippen MR) is 115 cm³/mol. The number of halogens is 2. The molecule has 4 rings (SSSR count). The summed E-state index contributed by atoms with van der Waals surface area (Å²) in [5.74, 6) is -2.05. The summed E-state index contributed by atoms with van der Waals surface area (Å²) in [6.45, 7) is 0.0562. The number of aliphatic carboxylic acids is 1. The van der Waals surface area contributed by atoms with Crippen LogP contribution in [0.25, 0.3) is 11.1 Å². The Morgan fingerprint density at radius 1 is 1.06 bits per heavy atom. The highest BCUT2D eigenvalue weighted by Crippen LogP contribution is 2.44. The molecule has 0 aliphatic heterocycles. The first-order valence-electron chi connectivity index (χ1n) is 9.64. The van der Waals surface area contributed by atoms with Crippen molar-refractivity contribution in [3.05, 3.63) is 94.3 Å². The van der Waals surface area contributed by atoms with Gasteiger partial charge in [-0.15, -0.1) is 0 Å². The van der Waals surface area contributed by atoms with Crippen LogP contribution in [0.15, 0.2) is 66.7 Å². The molecule has 0 saturated heterocycles. The number of nitrogens with zero attached hydrogens (tertiary/aromatic N) is 1. The lowest BCUT2D eigenvalue weighted by Gasteiger charge is -2.26. The molecule has 0 fully saturated rings. The third kappa shape index (κ3) is 3.86. The molecule has 158 valence electrons. The predicted octanol–water partition coefficient (Wildman–Crippen LogP) is 5.49. The summed E-state index contributed by atoms with van der Waals surface area (Å²) < 4.78 is 18.9. The van der Waals surface area contributed by atoms with E-state index in [0.717, 1.165) is 39.3 Å². The van der Waals surface area contributed by atoms with Gasteiger partial charge in [0.15, 0.2) is 6.04 Å². The molecule has 3 aromatic rings. The number of carbonyl (C=O) groups is 2. The second-order valence-corrected chi connectivity index (χ2v) is 7.73. The van der Waals surface area contributed by atoms with E-state index in [-0.39, 0.29) is 23.1 Å². The van der Waals surface area contributed by atoms with Crippen LogP contribution in [0.3, 0.4) is 0 Å². The zero-order chi connectivity index (χ0) is 22.1. The SMILES string of the molecule is CN(C(=O)OCC1c2ccccc2-c2ccccc21)C(C(=O)O)c1ccc(F)cc1Cl. The minimum atomic E-state index is -1.41. The molecule has 1 atom stereocenters. The van der Waals surface area contributed by atoms with Gasteiger partial charge in [0.1, 0.15) is 12.4 Å². The maximum absolute atomic E-state index is 13.4. The minimum Gasteiger partial charge on any atom is -0.479 e. The van der Waals surface area contributed by atoms with Crippen LogP contribution in [-0.4, -0.2) is 35.7 Å². The van der Waals surface area contributed by atoms with Gasteiger partial charge < -0.3 is 9.84 Å². The Morgan fingerprint density at radius 2 is 1.65 bits per heavy atom. The summed E-state index contributed by atoms with van der Waals surface area (Å²) in [7, 11) is 1.32. The summed E-state index contributed by atoms with van der Waals surface area (Å²) in [6, 6.07) is 17.8. The first-order valence-corrected chi connectivity index (χ1v) is 10.0. The van der Waals surface area contributed by atoms with Crippen molar-refractivity contribution in [1.29, 1.82) is 0 Å². The Hall–Kier alpha value is -3.38. The van der Waals surface area contributed by atoms with Crippen LogP contribution in [-0.2, 0) is 9.53 Å². The number of benzene rings is 3. The summed E-state index contributed by atoms with van der Waals surface area (Å²) in [5, 5.41) is 9.60. The van der Waals surface area contributed by atoms with Crippen LogP contribution in [0, 0.1) is 5.82 Å². The van der Waals surface area contributed by atoms with Crippen LogP contribution >= 0.6 is 11.6 Å². The second-order valence-electron chi connectivity index (χ2n) is 7.32. The Labute approximate surface area is 183 Å². The number of fused-ring (bicyclic) bond motifs is 3. The van der Waals surface area contributed by atoms with E-state index in [0.29, 0.717) is 0 Å². The van der Waals surface area contributed by atoms with E-state index in [1.807, 2.05) is 48.5 Å². The fourth-order valence-corrected chi connectivity index (χ4v) is 4.30. The molecule has 0 spiro atoms. The summed E-state index contributed by atoms with van der Waals surface area (Å²) in [5.41, 5.74) is 4.39. The van der Waals surface area contributed by atoms with Crippen molar-refractivity contribution >= 4 is 23.7 Å². The van der Waals surface area contributed by atoms with Gasteiger partial charge in [0.05, 0.1) is 0 Å². The number of carboxylic acids is 1. The number of rotatable bonds is 5. The molecule has 1 aliphatic rings. The van der Waals surface area contributed by atoms with Gasteiger partial charge in [0.2, 0.25) is 0 Å². The molecular weight excluding hydrogens is 421 g/mol. The lowest BCUT2D eigenvalue weighted by atomic mass is 9.98. The summed E-state index contributed by atoms with van der Waals surface area (Å²) in [4.78, 5) is 25.6. The summed E-state index contributed by atoms with van der Waals surface area (Å²) >= 11 is 6.03. The topological polar surface area (TPSA) is 66.8 Å². The number of amides is 1. The highest BCUT2D eigenvalue weighted by atomic mass is 35.5. The summed E-state index contributed by atoms with van der Waals surface area (Å²) in [6.07, 6.45) is -0.811. The van der Waals surface area contributed by atoms with Gasteiger partial charge in [-0.25, -0.2) is 14.0 Å². The van der Waals surface area contributed by atoms with Crippen LogP contribution in [0.4, 0.5) is 9.18 Å². The maximum Gasteiger partial charge on any atom is 0.410 e. The zero-order valence-electron chi connectivity index (χ0n) is 16.6. The van der Waals surface area contributed by atoms with E-state index in [9.17, 15) is 19.1 Å². The van der Waals surface area contributed by atoms with Crippen molar-refractivity contribution < 1.29 is 23.8 Å². The Bertz CT molecular complexity index is 1120. The quantitative estimate of drug-likeness (QED) is 0.571. The number of carboxylic acid groups (broad SMARTS) is 1. The van der Waals surface area contributed by atoms with Crippen molar-refractivity contribution in [3.63, 3.8) is 0 Å².